The molecule has 2 heterocycles. The number of thiocarbonyl (C=S) groups is 1. The van der Waals surface area contributed by atoms with Gasteiger partial charge in [0.05, 0.1) is 24.0 Å². The number of halogens is 2. The van der Waals surface area contributed by atoms with Gasteiger partial charge in [-0.05, 0) is 48.6 Å². The molecule has 3 aromatic rings. The summed E-state index contributed by atoms with van der Waals surface area (Å²) in [6.07, 6.45) is 3.10. The van der Waals surface area contributed by atoms with Crippen LogP contribution in [0, 0.1) is 11.6 Å². The molecule has 132 valence electrons. The molecule has 0 unspecified atom stereocenters. The minimum atomic E-state index is -0.694. The third-order valence-electron chi connectivity index (χ3n) is 3.34. The molecule has 0 bridgehead atoms. The lowest BCUT2D eigenvalue weighted by Crippen LogP contribution is -2.31. The summed E-state index contributed by atoms with van der Waals surface area (Å²) in [5.41, 5.74) is 3.67. The van der Waals surface area contributed by atoms with E-state index in [1.54, 1.807) is 18.3 Å². The maximum atomic E-state index is 13.8. The van der Waals surface area contributed by atoms with Gasteiger partial charge in [-0.2, -0.15) is 5.10 Å². The maximum absolute atomic E-state index is 13.8. The zero-order chi connectivity index (χ0) is 18.4. The first kappa shape index (κ1) is 17.7. The van der Waals surface area contributed by atoms with Crippen molar-refractivity contribution < 1.29 is 13.2 Å². The normalized spacial score (nSPS) is 10.8. The van der Waals surface area contributed by atoms with Crippen LogP contribution in [0.5, 0.6) is 0 Å². The highest BCUT2D eigenvalue weighted by Crippen LogP contribution is 2.25. The molecule has 0 aliphatic rings. The summed E-state index contributed by atoms with van der Waals surface area (Å²) >= 11 is 5.10. The van der Waals surface area contributed by atoms with Crippen LogP contribution in [0.4, 0.5) is 8.78 Å². The molecule has 3 rings (SSSR count). The Labute approximate surface area is 153 Å². The van der Waals surface area contributed by atoms with E-state index in [9.17, 15) is 8.78 Å². The van der Waals surface area contributed by atoms with Gasteiger partial charge in [-0.3, -0.25) is 10.4 Å². The van der Waals surface area contributed by atoms with Crippen molar-refractivity contribution in [2.24, 2.45) is 5.10 Å². The van der Waals surface area contributed by atoms with Crippen LogP contribution in [0.15, 0.2) is 64.2 Å². The molecule has 1 aromatic carbocycles. The third-order valence-corrected chi connectivity index (χ3v) is 3.57. The van der Waals surface area contributed by atoms with E-state index in [1.165, 1.54) is 18.3 Å². The van der Waals surface area contributed by atoms with Crippen LogP contribution in [-0.4, -0.2) is 16.3 Å². The summed E-state index contributed by atoms with van der Waals surface area (Å²) < 4.78 is 32.2. The number of hydrazone groups is 1. The first-order valence-corrected chi connectivity index (χ1v) is 8.05. The fourth-order valence-corrected chi connectivity index (χ4v) is 2.25. The van der Waals surface area contributed by atoms with E-state index in [2.05, 4.69) is 20.8 Å². The Morgan fingerprint density at radius 1 is 1.19 bits per heavy atom. The predicted molar refractivity (Wildman–Crippen MR) is 98.5 cm³/mol. The van der Waals surface area contributed by atoms with Gasteiger partial charge in [0.15, 0.2) is 5.11 Å². The van der Waals surface area contributed by atoms with E-state index in [-0.39, 0.29) is 11.3 Å². The van der Waals surface area contributed by atoms with Gasteiger partial charge in [-0.1, -0.05) is 6.07 Å². The third kappa shape index (κ3) is 4.70. The summed E-state index contributed by atoms with van der Waals surface area (Å²) in [5.74, 6) is -0.667. The lowest BCUT2D eigenvalue weighted by Gasteiger charge is -2.05. The van der Waals surface area contributed by atoms with Crippen LogP contribution in [0.25, 0.3) is 11.3 Å². The molecule has 2 N–H and O–H groups in total. The lowest BCUT2D eigenvalue weighted by atomic mass is 10.1. The van der Waals surface area contributed by atoms with Gasteiger partial charge in [-0.25, -0.2) is 8.78 Å². The monoisotopic (exact) mass is 372 g/mol. The van der Waals surface area contributed by atoms with Crippen LogP contribution < -0.4 is 10.7 Å². The smallest absolute Gasteiger partial charge is 0.187 e. The van der Waals surface area contributed by atoms with Gasteiger partial charge in [0.1, 0.15) is 23.2 Å². The van der Waals surface area contributed by atoms with Crippen LogP contribution in [0.3, 0.4) is 0 Å². The van der Waals surface area contributed by atoms with E-state index in [0.29, 0.717) is 17.4 Å². The summed E-state index contributed by atoms with van der Waals surface area (Å²) in [7, 11) is 0. The minimum absolute atomic E-state index is 0.173. The number of pyridine rings is 1. The number of furan rings is 1. The van der Waals surface area contributed by atoms with Crippen molar-refractivity contribution in [3.63, 3.8) is 0 Å². The van der Waals surface area contributed by atoms with Crippen molar-refractivity contribution in [1.82, 2.24) is 15.7 Å². The minimum Gasteiger partial charge on any atom is -0.455 e. The van der Waals surface area contributed by atoms with Crippen molar-refractivity contribution in [2.45, 2.75) is 6.54 Å². The summed E-state index contributed by atoms with van der Waals surface area (Å²) in [5, 5.41) is 7.23. The number of hydrogen-bond acceptors (Lipinski definition) is 4. The second-order valence-corrected chi connectivity index (χ2v) is 5.61. The van der Waals surface area contributed by atoms with Crippen LogP contribution in [0.1, 0.15) is 11.5 Å². The number of nitrogens with zero attached hydrogens (tertiary/aromatic N) is 2. The van der Waals surface area contributed by atoms with E-state index in [0.717, 1.165) is 11.8 Å². The molecule has 0 aliphatic carbocycles. The summed E-state index contributed by atoms with van der Waals surface area (Å²) in [6.45, 7) is 0.469. The standard InChI is InChI=1S/C18H14F2N4OS/c19-12-4-6-15(16(20)9-12)17-7-5-14(25-17)11-23-24-18(26)22-10-13-3-1-2-8-21-13/h1-9,11H,10H2,(H2,22,24,26)/b23-11+. The van der Waals surface area contributed by atoms with Gasteiger partial charge in [-0.15, -0.1) is 0 Å². The molecule has 0 amide bonds. The zero-order valence-electron chi connectivity index (χ0n) is 13.4. The van der Waals surface area contributed by atoms with E-state index in [4.69, 9.17) is 16.6 Å². The van der Waals surface area contributed by atoms with Crippen molar-refractivity contribution in [1.29, 1.82) is 0 Å². The maximum Gasteiger partial charge on any atom is 0.187 e. The van der Waals surface area contributed by atoms with Crippen molar-refractivity contribution >= 4 is 23.5 Å². The fourth-order valence-electron chi connectivity index (χ4n) is 2.12. The molecule has 0 fully saturated rings. The van der Waals surface area contributed by atoms with Gasteiger partial charge in [0.25, 0.3) is 0 Å². The number of nitrogens with one attached hydrogen (secondary N) is 2. The van der Waals surface area contributed by atoms with Crippen molar-refractivity contribution in [2.75, 3.05) is 0 Å². The molecule has 0 saturated carbocycles. The molecule has 2 aromatic heterocycles. The van der Waals surface area contributed by atoms with E-state index < -0.39 is 11.6 Å². The summed E-state index contributed by atoms with van der Waals surface area (Å²) in [4.78, 5) is 4.17. The molecule has 0 spiro atoms. The molecule has 0 aliphatic heterocycles. The molecule has 8 heteroatoms. The topological polar surface area (TPSA) is 62.5 Å². The predicted octanol–water partition coefficient (Wildman–Crippen LogP) is 3.62. The Bertz CT molecular complexity index is 928. The fraction of sp³-hybridized carbons (Fsp3) is 0.0556. The SMILES string of the molecule is Fc1ccc(-c2ccc(/C=N/NC(=S)NCc3ccccn3)o2)c(F)c1. The molecule has 0 saturated heterocycles. The molecular formula is C18H14F2N4OS. The van der Waals surface area contributed by atoms with Crippen molar-refractivity contribution in [3.05, 3.63) is 77.8 Å². The van der Waals surface area contributed by atoms with Crippen molar-refractivity contribution in [3.8, 4) is 11.3 Å². The molecule has 0 radical (unpaired) electrons. The molecular weight excluding hydrogens is 358 g/mol. The van der Waals surface area contributed by atoms with E-state index in [1.807, 2.05) is 18.2 Å². The Hall–Kier alpha value is -3.13. The van der Waals surface area contributed by atoms with Gasteiger partial charge < -0.3 is 9.73 Å². The molecule has 5 nitrogen and oxygen atoms in total. The Morgan fingerprint density at radius 2 is 2.08 bits per heavy atom. The first-order chi connectivity index (χ1) is 12.6. The Balaban J connectivity index is 1.54. The van der Waals surface area contributed by atoms with Crippen LogP contribution in [-0.2, 0) is 6.54 Å². The average molecular weight is 372 g/mol. The number of hydrogen-bond donors (Lipinski definition) is 2. The zero-order valence-corrected chi connectivity index (χ0v) is 14.3. The largest absolute Gasteiger partial charge is 0.455 e. The number of aromatic nitrogens is 1. The first-order valence-electron chi connectivity index (χ1n) is 7.64. The quantitative estimate of drug-likeness (QED) is 0.407. The second-order valence-electron chi connectivity index (χ2n) is 5.20. The Morgan fingerprint density at radius 3 is 2.85 bits per heavy atom. The van der Waals surface area contributed by atoms with Gasteiger partial charge >= 0.3 is 0 Å². The Kier molecular flexibility index (Phi) is 5.65. The van der Waals surface area contributed by atoms with E-state index >= 15 is 0 Å². The van der Waals surface area contributed by atoms with Gasteiger partial charge in [0.2, 0.25) is 0 Å². The van der Waals surface area contributed by atoms with Gasteiger partial charge in [0, 0.05) is 12.3 Å². The second kappa shape index (κ2) is 8.30. The lowest BCUT2D eigenvalue weighted by molar-refractivity contribution is 0.556. The van der Waals surface area contributed by atoms with Crippen LogP contribution in [0.2, 0.25) is 0 Å². The highest BCUT2D eigenvalue weighted by Gasteiger charge is 2.10. The highest BCUT2D eigenvalue weighted by molar-refractivity contribution is 7.80. The molecule has 26 heavy (non-hydrogen) atoms. The number of rotatable bonds is 5. The summed E-state index contributed by atoms with van der Waals surface area (Å²) in [6, 6.07) is 12.1. The number of benzene rings is 1. The average Bonchev–Trinajstić information content (AvgIpc) is 3.09. The van der Waals surface area contributed by atoms with Crippen LogP contribution >= 0.6 is 12.2 Å². The highest BCUT2D eigenvalue weighted by atomic mass is 32.1. The molecule has 0 atom stereocenters.